The van der Waals surface area contributed by atoms with E-state index >= 15 is 0 Å². The molecule has 2 N–H and O–H groups in total. The van der Waals surface area contributed by atoms with Gasteiger partial charge in [-0.3, -0.25) is 4.90 Å². The van der Waals surface area contributed by atoms with Crippen LogP contribution in [0.5, 0.6) is 11.5 Å². The highest BCUT2D eigenvalue weighted by atomic mass is 16.5. The Morgan fingerprint density at radius 3 is 2.52 bits per heavy atom. The van der Waals surface area contributed by atoms with Gasteiger partial charge >= 0.3 is 0 Å². The van der Waals surface area contributed by atoms with Gasteiger partial charge in [-0.15, -0.1) is 0 Å². The third-order valence-corrected chi connectivity index (χ3v) is 4.58. The molecule has 0 aromatic heterocycles. The quantitative estimate of drug-likeness (QED) is 0.800. The minimum atomic E-state index is 0.181. The van der Waals surface area contributed by atoms with Gasteiger partial charge in [0.2, 0.25) is 0 Å². The maximum absolute atomic E-state index is 6.09. The Kier molecular flexibility index (Phi) is 5.88. The minimum Gasteiger partial charge on any atom is -0.497 e. The molecular weight excluding hydrogens is 264 g/mol. The van der Waals surface area contributed by atoms with Crippen LogP contribution in [0.25, 0.3) is 0 Å². The van der Waals surface area contributed by atoms with E-state index < -0.39 is 0 Å². The Bertz CT molecular complexity index is 446. The van der Waals surface area contributed by atoms with Crippen molar-refractivity contribution in [2.24, 2.45) is 11.7 Å². The van der Waals surface area contributed by atoms with Crippen LogP contribution in [0.2, 0.25) is 0 Å². The van der Waals surface area contributed by atoms with Gasteiger partial charge in [0.15, 0.2) is 0 Å². The molecule has 1 aliphatic carbocycles. The first-order valence-electron chi connectivity index (χ1n) is 7.89. The van der Waals surface area contributed by atoms with Crippen LogP contribution in [0.1, 0.15) is 37.8 Å². The number of nitrogens with two attached hydrogens (primary N) is 1. The van der Waals surface area contributed by atoms with Gasteiger partial charge in [-0.2, -0.15) is 0 Å². The number of nitrogens with zero attached hydrogens (tertiary/aromatic N) is 1. The van der Waals surface area contributed by atoms with E-state index in [0.29, 0.717) is 6.54 Å². The summed E-state index contributed by atoms with van der Waals surface area (Å²) in [5.74, 6) is 2.57. The largest absolute Gasteiger partial charge is 0.497 e. The fourth-order valence-electron chi connectivity index (χ4n) is 3.06. The molecule has 1 fully saturated rings. The van der Waals surface area contributed by atoms with E-state index in [4.69, 9.17) is 15.2 Å². The molecule has 1 aromatic carbocycles. The number of likely N-dealkylation sites (N-methyl/N-ethyl adjacent to an activating group) is 1. The van der Waals surface area contributed by atoms with Crippen molar-refractivity contribution in [1.29, 1.82) is 0 Å². The Balaban J connectivity index is 2.24. The lowest BCUT2D eigenvalue weighted by Gasteiger charge is -2.37. The topological polar surface area (TPSA) is 47.7 Å². The molecule has 0 spiro atoms. The van der Waals surface area contributed by atoms with Gasteiger partial charge in [0, 0.05) is 18.7 Å². The number of rotatable bonds is 8. The van der Waals surface area contributed by atoms with Crippen LogP contribution in [0.4, 0.5) is 0 Å². The molecule has 0 amide bonds. The van der Waals surface area contributed by atoms with E-state index in [0.717, 1.165) is 36.1 Å². The molecule has 1 saturated carbocycles. The molecule has 0 radical (unpaired) electrons. The second-order valence-electron chi connectivity index (χ2n) is 5.74. The molecule has 1 atom stereocenters. The number of methoxy groups -OCH3 is 2. The number of hydrogen-bond donors (Lipinski definition) is 1. The fraction of sp³-hybridized carbons (Fsp3) is 0.647. The second-order valence-corrected chi connectivity index (χ2v) is 5.74. The Morgan fingerprint density at radius 2 is 2.05 bits per heavy atom. The molecule has 0 aliphatic heterocycles. The molecule has 4 nitrogen and oxygen atoms in total. The number of hydrogen-bond acceptors (Lipinski definition) is 4. The van der Waals surface area contributed by atoms with Crippen molar-refractivity contribution in [3.05, 3.63) is 23.8 Å². The van der Waals surface area contributed by atoms with E-state index in [-0.39, 0.29) is 6.04 Å². The van der Waals surface area contributed by atoms with Gasteiger partial charge in [-0.25, -0.2) is 0 Å². The average molecular weight is 292 g/mol. The van der Waals surface area contributed by atoms with Gasteiger partial charge in [-0.1, -0.05) is 13.3 Å². The third-order valence-electron chi connectivity index (χ3n) is 4.58. The lowest BCUT2D eigenvalue weighted by atomic mass is 9.84. The summed E-state index contributed by atoms with van der Waals surface area (Å²) < 4.78 is 10.9. The van der Waals surface area contributed by atoms with Crippen molar-refractivity contribution >= 4 is 0 Å². The lowest BCUT2D eigenvalue weighted by molar-refractivity contribution is 0.139. The van der Waals surface area contributed by atoms with Crippen molar-refractivity contribution in [3.63, 3.8) is 0 Å². The molecule has 0 saturated heterocycles. The van der Waals surface area contributed by atoms with Gasteiger partial charge in [-0.05, 0) is 43.5 Å². The first-order chi connectivity index (χ1) is 10.2. The van der Waals surface area contributed by atoms with Crippen LogP contribution in [0.15, 0.2) is 18.2 Å². The zero-order valence-electron chi connectivity index (χ0n) is 13.5. The molecule has 1 unspecified atom stereocenters. The fourth-order valence-corrected chi connectivity index (χ4v) is 3.06. The average Bonchev–Trinajstić information content (AvgIpc) is 2.49. The third kappa shape index (κ3) is 3.69. The number of benzene rings is 1. The van der Waals surface area contributed by atoms with Crippen molar-refractivity contribution < 1.29 is 9.47 Å². The van der Waals surface area contributed by atoms with Crippen LogP contribution >= 0.6 is 0 Å². The first kappa shape index (κ1) is 16.1. The van der Waals surface area contributed by atoms with Crippen LogP contribution in [0, 0.1) is 5.92 Å². The highest BCUT2D eigenvalue weighted by Crippen LogP contribution is 2.35. The van der Waals surface area contributed by atoms with Crippen LogP contribution < -0.4 is 15.2 Å². The monoisotopic (exact) mass is 292 g/mol. The van der Waals surface area contributed by atoms with E-state index in [1.165, 1.54) is 19.3 Å². The van der Waals surface area contributed by atoms with Crippen LogP contribution in [0.3, 0.4) is 0 Å². The normalized spacial score (nSPS) is 16.6. The summed E-state index contributed by atoms with van der Waals surface area (Å²) >= 11 is 0. The molecule has 0 heterocycles. The van der Waals surface area contributed by atoms with Crippen molar-refractivity contribution in [2.75, 3.05) is 33.9 Å². The molecule has 1 aliphatic rings. The van der Waals surface area contributed by atoms with Gasteiger partial charge < -0.3 is 15.2 Å². The SMILES string of the molecule is CCN(CC1CCC1)C(CN)c1cc(OC)ccc1OC. The Labute approximate surface area is 128 Å². The molecular formula is C17H28N2O2. The highest BCUT2D eigenvalue weighted by Gasteiger charge is 2.26. The van der Waals surface area contributed by atoms with E-state index in [1.54, 1.807) is 14.2 Å². The summed E-state index contributed by atoms with van der Waals surface area (Å²) in [5.41, 5.74) is 7.22. The van der Waals surface area contributed by atoms with Gasteiger partial charge in [0.25, 0.3) is 0 Å². The smallest absolute Gasteiger partial charge is 0.123 e. The first-order valence-corrected chi connectivity index (χ1v) is 7.89. The highest BCUT2D eigenvalue weighted by molar-refractivity contribution is 5.42. The lowest BCUT2D eigenvalue weighted by Crippen LogP contribution is -2.38. The summed E-state index contributed by atoms with van der Waals surface area (Å²) in [6.45, 7) is 4.91. The molecule has 2 rings (SSSR count). The molecule has 4 heteroatoms. The maximum Gasteiger partial charge on any atom is 0.123 e. The maximum atomic E-state index is 6.09. The van der Waals surface area contributed by atoms with Crippen molar-refractivity contribution in [1.82, 2.24) is 4.90 Å². The zero-order chi connectivity index (χ0) is 15.2. The second kappa shape index (κ2) is 7.66. The minimum absolute atomic E-state index is 0.181. The predicted octanol–water partition coefficient (Wildman–Crippen LogP) is 2.83. The predicted molar refractivity (Wildman–Crippen MR) is 85.9 cm³/mol. The summed E-state index contributed by atoms with van der Waals surface area (Å²) in [7, 11) is 3.40. The molecule has 21 heavy (non-hydrogen) atoms. The summed E-state index contributed by atoms with van der Waals surface area (Å²) in [6, 6.07) is 6.13. The standard InChI is InChI=1S/C17H28N2O2/c1-4-19(12-13-6-5-7-13)16(11-18)15-10-14(20-2)8-9-17(15)21-3/h8-10,13,16H,4-7,11-12,18H2,1-3H3. The summed E-state index contributed by atoms with van der Waals surface area (Å²) in [6.07, 6.45) is 4.07. The Morgan fingerprint density at radius 1 is 1.29 bits per heavy atom. The Hall–Kier alpha value is -1.26. The van der Waals surface area contributed by atoms with Crippen LogP contribution in [-0.4, -0.2) is 38.8 Å². The van der Waals surface area contributed by atoms with E-state index in [2.05, 4.69) is 17.9 Å². The molecule has 118 valence electrons. The van der Waals surface area contributed by atoms with Gasteiger partial charge in [0.1, 0.15) is 11.5 Å². The number of ether oxygens (including phenoxy) is 2. The van der Waals surface area contributed by atoms with Crippen LogP contribution in [-0.2, 0) is 0 Å². The zero-order valence-corrected chi connectivity index (χ0v) is 13.5. The molecule has 1 aromatic rings. The van der Waals surface area contributed by atoms with E-state index in [9.17, 15) is 0 Å². The van der Waals surface area contributed by atoms with E-state index in [1.807, 2.05) is 12.1 Å². The summed E-state index contributed by atoms with van der Waals surface area (Å²) in [5, 5.41) is 0. The van der Waals surface area contributed by atoms with Crippen molar-refractivity contribution in [3.8, 4) is 11.5 Å². The van der Waals surface area contributed by atoms with Gasteiger partial charge in [0.05, 0.1) is 20.3 Å². The summed E-state index contributed by atoms with van der Waals surface area (Å²) in [4.78, 5) is 2.47. The van der Waals surface area contributed by atoms with Crippen molar-refractivity contribution in [2.45, 2.75) is 32.2 Å². The molecule has 0 bridgehead atoms.